The first kappa shape index (κ1) is 18.4. The van der Waals surface area contributed by atoms with E-state index in [1.807, 2.05) is 24.3 Å². The maximum atomic E-state index is 12.0. The molecule has 0 atom stereocenters. The first-order chi connectivity index (χ1) is 13.3. The number of fused-ring (bicyclic) bond motifs is 2. The zero-order valence-corrected chi connectivity index (χ0v) is 16.6. The molecule has 142 valence electrons. The predicted octanol–water partition coefficient (Wildman–Crippen LogP) is 6.11. The van der Waals surface area contributed by atoms with Crippen LogP contribution in [0.1, 0.15) is 66.4 Å². The topological polar surface area (TPSA) is 50.2 Å². The Morgan fingerprint density at radius 1 is 1.04 bits per heavy atom. The van der Waals surface area contributed by atoms with Gasteiger partial charge in [-0.15, -0.1) is 0 Å². The van der Waals surface area contributed by atoms with Gasteiger partial charge >= 0.3 is 5.97 Å². The van der Waals surface area contributed by atoms with Crippen molar-refractivity contribution in [2.45, 2.75) is 45.4 Å². The van der Waals surface area contributed by atoms with Gasteiger partial charge in [-0.2, -0.15) is 0 Å². The van der Waals surface area contributed by atoms with Crippen molar-refractivity contribution in [3.8, 4) is 0 Å². The fourth-order valence-electron chi connectivity index (χ4n) is 4.00. The second-order valence-electron chi connectivity index (χ2n) is 8.53. The van der Waals surface area contributed by atoms with E-state index < -0.39 is 5.97 Å². The van der Waals surface area contributed by atoms with Gasteiger partial charge in [-0.3, -0.25) is 0 Å². The minimum atomic E-state index is -0.870. The number of rotatable bonds is 2. The van der Waals surface area contributed by atoms with Crippen LogP contribution in [0.25, 0.3) is 22.6 Å². The monoisotopic (exact) mass is 371 g/mol. The Morgan fingerprint density at radius 2 is 1.75 bits per heavy atom. The number of aromatic carboxylic acids is 1. The first-order valence-corrected chi connectivity index (χ1v) is 9.81. The van der Waals surface area contributed by atoms with Crippen LogP contribution in [0.15, 0.2) is 48.5 Å². The van der Waals surface area contributed by atoms with Crippen molar-refractivity contribution in [1.29, 1.82) is 0 Å². The van der Waals surface area contributed by atoms with E-state index in [2.05, 4.69) is 51.1 Å². The van der Waals surface area contributed by atoms with E-state index >= 15 is 0 Å². The number of carboxylic acids is 1. The lowest BCUT2D eigenvalue weighted by atomic mass is 9.85. The fraction of sp³-hybridized carbons (Fsp3) is 0.280. The van der Waals surface area contributed by atoms with E-state index in [1.165, 1.54) is 5.56 Å². The van der Waals surface area contributed by atoms with Crippen molar-refractivity contribution in [1.82, 2.24) is 4.98 Å². The average Bonchev–Trinajstić information content (AvgIpc) is 2.66. The maximum absolute atomic E-state index is 12.0. The van der Waals surface area contributed by atoms with Gasteiger partial charge in [0.15, 0.2) is 0 Å². The molecule has 3 nitrogen and oxygen atoms in total. The molecule has 0 unspecified atom stereocenters. The fourth-order valence-corrected chi connectivity index (χ4v) is 4.00. The average molecular weight is 371 g/mol. The number of aromatic nitrogens is 1. The van der Waals surface area contributed by atoms with Crippen LogP contribution in [-0.4, -0.2) is 16.1 Å². The summed E-state index contributed by atoms with van der Waals surface area (Å²) in [6.45, 7) is 6.63. The predicted molar refractivity (Wildman–Crippen MR) is 115 cm³/mol. The highest BCUT2D eigenvalue weighted by atomic mass is 16.4. The molecule has 1 aliphatic rings. The van der Waals surface area contributed by atoms with Crippen LogP contribution in [-0.2, 0) is 11.8 Å². The highest BCUT2D eigenvalue weighted by molar-refractivity contribution is 6.05. The minimum Gasteiger partial charge on any atom is -0.478 e. The van der Waals surface area contributed by atoms with Gasteiger partial charge in [0.25, 0.3) is 0 Å². The molecule has 1 aliphatic carbocycles. The van der Waals surface area contributed by atoms with Crippen LogP contribution < -0.4 is 0 Å². The largest absolute Gasteiger partial charge is 0.478 e. The number of para-hydroxylation sites is 1. The zero-order chi connectivity index (χ0) is 19.9. The first-order valence-electron chi connectivity index (χ1n) is 9.81. The lowest BCUT2D eigenvalue weighted by molar-refractivity contribution is 0.0697. The molecule has 1 heterocycles. The van der Waals surface area contributed by atoms with E-state index in [0.29, 0.717) is 5.56 Å². The smallest absolute Gasteiger partial charge is 0.336 e. The van der Waals surface area contributed by atoms with E-state index in [0.717, 1.165) is 52.6 Å². The van der Waals surface area contributed by atoms with Crippen LogP contribution in [0.5, 0.6) is 0 Å². The van der Waals surface area contributed by atoms with Gasteiger partial charge < -0.3 is 5.11 Å². The molecule has 0 bridgehead atoms. The van der Waals surface area contributed by atoms with Gasteiger partial charge in [0, 0.05) is 5.39 Å². The molecule has 0 radical (unpaired) electrons. The number of carbonyl (C=O) groups is 1. The van der Waals surface area contributed by atoms with Crippen LogP contribution in [0.3, 0.4) is 0 Å². The van der Waals surface area contributed by atoms with E-state index in [1.54, 1.807) is 0 Å². The number of nitrogens with zero attached hydrogens (tertiary/aromatic N) is 1. The standard InChI is InChI=1S/C25H25NO2/c1-25(2,3)18-13-11-16(12-14-18)15-17-7-6-9-20-22(24(27)28)19-8-4-5-10-21(19)26-23(17)20/h4-5,8,10-15H,6-7,9H2,1-3H3,(H,27,28)/b17-15-. The number of benzene rings is 2. The molecule has 0 fully saturated rings. The minimum absolute atomic E-state index is 0.125. The highest BCUT2D eigenvalue weighted by Crippen LogP contribution is 2.36. The summed E-state index contributed by atoms with van der Waals surface area (Å²) in [5, 5.41) is 10.6. The molecule has 28 heavy (non-hydrogen) atoms. The molecule has 0 saturated heterocycles. The SMILES string of the molecule is CC(C)(C)c1ccc(/C=C2/CCCc3c2nc2ccccc2c3C(=O)O)cc1. The van der Waals surface area contributed by atoms with Crippen molar-refractivity contribution < 1.29 is 9.90 Å². The van der Waals surface area contributed by atoms with Gasteiger partial charge in [0.05, 0.1) is 16.8 Å². The molecule has 0 amide bonds. The normalized spacial score (nSPS) is 15.6. The molecule has 0 spiro atoms. The molecule has 4 rings (SSSR count). The van der Waals surface area contributed by atoms with Crippen molar-refractivity contribution in [2.24, 2.45) is 0 Å². The molecule has 0 saturated carbocycles. The van der Waals surface area contributed by atoms with Gasteiger partial charge in [0.1, 0.15) is 0 Å². The summed E-state index contributed by atoms with van der Waals surface area (Å²) in [4.78, 5) is 16.9. The Bertz CT molecular complexity index is 1090. The van der Waals surface area contributed by atoms with Crippen molar-refractivity contribution in [3.05, 3.63) is 76.5 Å². The highest BCUT2D eigenvalue weighted by Gasteiger charge is 2.24. The Morgan fingerprint density at radius 3 is 2.43 bits per heavy atom. The molecule has 2 aromatic carbocycles. The van der Waals surface area contributed by atoms with E-state index in [9.17, 15) is 9.90 Å². The van der Waals surface area contributed by atoms with Gasteiger partial charge in [-0.1, -0.05) is 63.2 Å². The Kier molecular flexibility index (Phi) is 4.54. The lowest BCUT2D eigenvalue weighted by Crippen LogP contribution is -2.13. The Balaban J connectivity index is 1.85. The zero-order valence-electron chi connectivity index (χ0n) is 16.6. The third-order valence-corrected chi connectivity index (χ3v) is 5.50. The number of hydrogen-bond donors (Lipinski definition) is 1. The van der Waals surface area contributed by atoms with E-state index in [4.69, 9.17) is 4.98 Å². The molecule has 1 N–H and O–H groups in total. The summed E-state index contributed by atoms with van der Waals surface area (Å²) in [6.07, 6.45) is 4.78. The van der Waals surface area contributed by atoms with Crippen LogP contribution in [0.2, 0.25) is 0 Å². The number of allylic oxidation sites excluding steroid dienone is 1. The van der Waals surface area contributed by atoms with Crippen molar-refractivity contribution in [3.63, 3.8) is 0 Å². The maximum Gasteiger partial charge on any atom is 0.336 e. The Labute approximate surface area is 165 Å². The second-order valence-corrected chi connectivity index (χ2v) is 8.53. The van der Waals surface area contributed by atoms with Gasteiger partial charge in [0.2, 0.25) is 0 Å². The molecular weight excluding hydrogens is 346 g/mol. The molecule has 1 aromatic heterocycles. The van der Waals surface area contributed by atoms with E-state index in [-0.39, 0.29) is 5.41 Å². The van der Waals surface area contributed by atoms with Crippen LogP contribution in [0.4, 0.5) is 0 Å². The number of hydrogen-bond acceptors (Lipinski definition) is 2. The summed E-state index contributed by atoms with van der Waals surface area (Å²) < 4.78 is 0. The summed E-state index contributed by atoms with van der Waals surface area (Å²) in [5.41, 5.74) is 6.55. The number of pyridine rings is 1. The lowest BCUT2D eigenvalue weighted by Gasteiger charge is -2.22. The van der Waals surface area contributed by atoms with Crippen LogP contribution in [0, 0.1) is 0 Å². The molecule has 0 aliphatic heterocycles. The quantitative estimate of drug-likeness (QED) is 0.591. The second kappa shape index (κ2) is 6.90. The summed E-state index contributed by atoms with van der Waals surface area (Å²) in [6, 6.07) is 16.2. The van der Waals surface area contributed by atoms with Crippen molar-refractivity contribution in [2.75, 3.05) is 0 Å². The third kappa shape index (κ3) is 3.33. The van der Waals surface area contributed by atoms with Gasteiger partial charge in [-0.05, 0) is 59.1 Å². The summed E-state index contributed by atoms with van der Waals surface area (Å²) in [7, 11) is 0. The third-order valence-electron chi connectivity index (χ3n) is 5.50. The van der Waals surface area contributed by atoms with Crippen molar-refractivity contribution >= 4 is 28.5 Å². The molecule has 3 heteroatoms. The van der Waals surface area contributed by atoms with Gasteiger partial charge in [-0.25, -0.2) is 9.78 Å². The molecular formula is C25H25NO2. The molecule has 3 aromatic rings. The Hall–Kier alpha value is -2.94. The number of carboxylic acid groups (broad SMARTS) is 1. The summed E-state index contributed by atoms with van der Waals surface area (Å²) >= 11 is 0. The van der Waals surface area contributed by atoms with Crippen LogP contribution >= 0.6 is 0 Å². The summed E-state index contributed by atoms with van der Waals surface area (Å²) in [5.74, 6) is -0.870.